The van der Waals surface area contributed by atoms with Crippen LogP contribution in [0.25, 0.3) is 0 Å². The molecule has 0 saturated heterocycles. The van der Waals surface area contributed by atoms with Gasteiger partial charge in [-0.2, -0.15) is 0 Å². The molecule has 0 N–H and O–H groups in total. The van der Waals surface area contributed by atoms with Gasteiger partial charge in [-0.05, 0) is 17.7 Å². The zero-order chi connectivity index (χ0) is 12.1. The third-order valence-corrected chi connectivity index (χ3v) is 3.07. The maximum Gasteiger partial charge on any atom is 0.155 e. The Bertz CT molecular complexity index is 462. The maximum absolute atomic E-state index is 11.9. The number of carbonyl (C=O) groups excluding carboxylic acids is 1. The van der Waals surface area contributed by atoms with Gasteiger partial charge in [0.05, 0.1) is 6.26 Å². The van der Waals surface area contributed by atoms with Crippen molar-refractivity contribution >= 4 is 17.4 Å². The maximum atomic E-state index is 11.9. The van der Waals surface area contributed by atoms with Crippen molar-refractivity contribution in [2.75, 3.05) is 0 Å². The molecule has 0 saturated carbocycles. The molecule has 2 nitrogen and oxygen atoms in total. The van der Waals surface area contributed by atoms with Crippen LogP contribution >= 0.6 is 11.6 Å². The summed E-state index contributed by atoms with van der Waals surface area (Å²) in [5.74, 6) is 0.838. The van der Waals surface area contributed by atoms with Gasteiger partial charge in [0.1, 0.15) is 11.1 Å². The van der Waals surface area contributed by atoms with E-state index >= 15 is 0 Å². The van der Waals surface area contributed by atoms with Crippen LogP contribution in [0, 0.1) is 0 Å². The van der Waals surface area contributed by atoms with Gasteiger partial charge < -0.3 is 4.42 Å². The minimum atomic E-state index is -0.564. The van der Waals surface area contributed by atoms with E-state index < -0.39 is 5.38 Å². The molecule has 88 valence electrons. The third kappa shape index (κ3) is 3.21. The van der Waals surface area contributed by atoms with E-state index in [1.54, 1.807) is 6.26 Å². The van der Waals surface area contributed by atoms with Crippen molar-refractivity contribution in [3.05, 3.63) is 60.1 Å². The van der Waals surface area contributed by atoms with Gasteiger partial charge in [0, 0.05) is 12.8 Å². The summed E-state index contributed by atoms with van der Waals surface area (Å²) in [5.41, 5.74) is 0.846. The van der Waals surface area contributed by atoms with Crippen molar-refractivity contribution in [3.63, 3.8) is 0 Å². The fourth-order valence-corrected chi connectivity index (χ4v) is 1.89. The Labute approximate surface area is 105 Å². The fraction of sp³-hybridized carbons (Fsp3) is 0.214. The van der Waals surface area contributed by atoms with E-state index in [0.717, 1.165) is 11.3 Å². The van der Waals surface area contributed by atoms with Crippen molar-refractivity contribution < 1.29 is 9.21 Å². The smallest absolute Gasteiger partial charge is 0.155 e. The van der Waals surface area contributed by atoms with Crippen LogP contribution in [0.3, 0.4) is 0 Å². The van der Waals surface area contributed by atoms with E-state index in [2.05, 4.69) is 0 Å². The Kier molecular flexibility index (Phi) is 3.99. The predicted octanol–water partition coefficient (Wildman–Crippen LogP) is 3.76. The molecule has 1 aromatic heterocycles. The lowest BCUT2D eigenvalue weighted by molar-refractivity contribution is -0.118. The zero-order valence-electron chi connectivity index (χ0n) is 9.30. The average molecular weight is 249 g/mol. The summed E-state index contributed by atoms with van der Waals surface area (Å²) < 4.78 is 5.17. The molecule has 0 aliphatic heterocycles. The number of benzene rings is 1. The lowest BCUT2D eigenvalue weighted by Gasteiger charge is -2.07. The third-order valence-electron chi connectivity index (χ3n) is 2.57. The van der Waals surface area contributed by atoms with Gasteiger partial charge in [0.2, 0.25) is 0 Å². The molecule has 0 bridgehead atoms. The Balaban J connectivity index is 1.92. The molecule has 1 heterocycles. The van der Waals surface area contributed by atoms with Gasteiger partial charge in [-0.25, -0.2) is 0 Å². The van der Waals surface area contributed by atoms with E-state index in [9.17, 15) is 4.79 Å². The zero-order valence-corrected chi connectivity index (χ0v) is 10.1. The van der Waals surface area contributed by atoms with Crippen molar-refractivity contribution in [1.29, 1.82) is 0 Å². The summed E-state index contributed by atoms with van der Waals surface area (Å²) in [6.07, 6.45) is 2.60. The molecule has 2 aromatic rings. The molecule has 17 heavy (non-hydrogen) atoms. The molecule has 2 rings (SSSR count). The molecule has 0 fully saturated rings. The van der Waals surface area contributed by atoms with Gasteiger partial charge in [0.25, 0.3) is 0 Å². The molecule has 0 radical (unpaired) electrons. The number of carbonyl (C=O) groups is 1. The Morgan fingerprint density at radius 2 is 1.94 bits per heavy atom. The van der Waals surface area contributed by atoms with Crippen LogP contribution < -0.4 is 0 Å². The number of hydrogen-bond donors (Lipinski definition) is 0. The number of rotatable bonds is 5. The molecule has 0 spiro atoms. The van der Waals surface area contributed by atoms with E-state index in [4.69, 9.17) is 16.0 Å². The van der Waals surface area contributed by atoms with Crippen LogP contribution in [0.1, 0.15) is 23.1 Å². The number of aryl methyl sites for hydroxylation is 1. The van der Waals surface area contributed by atoms with Crippen LogP contribution in [-0.2, 0) is 11.2 Å². The normalized spacial score (nSPS) is 12.3. The number of halogens is 1. The number of hydrogen-bond acceptors (Lipinski definition) is 2. The van der Waals surface area contributed by atoms with Gasteiger partial charge >= 0.3 is 0 Å². The molecule has 0 aliphatic rings. The summed E-state index contributed by atoms with van der Waals surface area (Å²) >= 11 is 6.12. The minimum Gasteiger partial charge on any atom is -0.469 e. The molecule has 0 aliphatic carbocycles. The van der Waals surface area contributed by atoms with Crippen molar-refractivity contribution in [2.45, 2.75) is 18.2 Å². The highest BCUT2D eigenvalue weighted by atomic mass is 35.5. The van der Waals surface area contributed by atoms with Crippen molar-refractivity contribution in [2.24, 2.45) is 0 Å². The van der Waals surface area contributed by atoms with Crippen LogP contribution in [0.4, 0.5) is 0 Å². The largest absolute Gasteiger partial charge is 0.469 e. The molecule has 3 heteroatoms. The van der Waals surface area contributed by atoms with Crippen LogP contribution in [-0.4, -0.2) is 5.78 Å². The second-order valence-corrected chi connectivity index (χ2v) is 4.26. The highest BCUT2D eigenvalue weighted by Crippen LogP contribution is 2.23. The van der Waals surface area contributed by atoms with Gasteiger partial charge in [-0.1, -0.05) is 30.3 Å². The summed E-state index contributed by atoms with van der Waals surface area (Å²) in [5, 5.41) is -0.564. The predicted molar refractivity (Wildman–Crippen MR) is 67.1 cm³/mol. The van der Waals surface area contributed by atoms with Crippen LogP contribution in [0.15, 0.2) is 53.1 Å². The van der Waals surface area contributed by atoms with Gasteiger partial charge in [-0.15, -0.1) is 11.6 Å². The molecular formula is C14H13ClO2. The van der Waals surface area contributed by atoms with E-state index in [-0.39, 0.29) is 5.78 Å². The number of ketones is 1. The molecule has 1 atom stereocenters. The van der Waals surface area contributed by atoms with Crippen molar-refractivity contribution in [3.8, 4) is 0 Å². The number of alkyl halides is 1. The minimum absolute atomic E-state index is 0.0225. The lowest BCUT2D eigenvalue weighted by Crippen LogP contribution is -2.07. The summed E-state index contributed by atoms with van der Waals surface area (Å²) in [7, 11) is 0. The van der Waals surface area contributed by atoms with Crippen LogP contribution in [0.5, 0.6) is 0 Å². The standard InChI is InChI=1S/C14H13ClO2/c15-14(11-5-2-1-3-6-11)13(16)9-8-12-7-4-10-17-12/h1-7,10,14H,8-9H2. The second-order valence-electron chi connectivity index (χ2n) is 3.82. The average Bonchev–Trinajstić information content (AvgIpc) is 2.89. The first-order valence-electron chi connectivity index (χ1n) is 5.51. The van der Waals surface area contributed by atoms with E-state index in [1.807, 2.05) is 42.5 Å². The van der Waals surface area contributed by atoms with Crippen molar-refractivity contribution in [1.82, 2.24) is 0 Å². The Morgan fingerprint density at radius 3 is 2.59 bits per heavy atom. The first-order valence-corrected chi connectivity index (χ1v) is 5.95. The van der Waals surface area contributed by atoms with E-state index in [0.29, 0.717) is 12.8 Å². The SMILES string of the molecule is O=C(CCc1ccco1)C(Cl)c1ccccc1. The summed E-state index contributed by atoms with van der Waals surface area (Å²) in [6.45, 7) is 0. The number of Topliss-reactive ketones (excluding diaryl/α,β-unsaturated/α-hetero) is 1. The quantitative estimate of drug-likeness (QED) is 0.754. The van der Waals surface area contributed by atoms with E-state index in [1.165, 1.54) is 0 Å². The molecule has 1 aromatic carbocycles. The summed E-state index contributed by atoms with van der Waals surface area (Å²) in [6, 6.07) is 13.1. The fourth-order valence-electron chi connectivity index (χ4n) is 1.64. The first-order chi connectivity index (χ1) is 8.27. The first kappa shape index (κ1) is 11.9. The highest BCUT2D eigenvalue weighted by molar-refractivity contribution is 6.31. The lowest BCUT2D eigenvalue weighted by atomic mass is 10.0. The Morgan fingerprint density at radius 1 is 1.18 bits per heavy atom. The summed E-state index contributed by atoms with van der Waals surface area (Å²) in [4.78, 5) is 11.9. The van der Waals surface area contributed by atoms with Crippen LogP contribution in [0.2, 0.25) is 0 Å². The second kappa shape index (κ2) is 5.69. The monoisotopic (exact) mass is 248 g/mol. The molecular weight excluding hydrogens is 236 g/mol. The molecule has 0 amide bonds. The topological polar surface area (TPSA) is 30.2 Å². The highest BCUT2D eigenvalue weighted by Gasteiger charge is 2.17. The van der Waals surface area contributed by atoms with Gasteiger partial charge in [0.15, 0.2) is 5.78 Å². The molecule has 1 unspecified atom stereocenters. The Hall–Kier alpha value is -1.54. The number of furan rings is 1. The van der Waals surface area contributed by atoms with Gasteiger partial charge in [-0.3, -0.25) is 4.79 Å².